The lowest BCUT2D eigenvalue weighted by atomic mass is 9.66. The normalized spacial score (nSPS) is 16.7. The zero-order valence-corrected chi connectivity index (χ0v) is 30.9. The van der Waals surface area contributed by atoms with Crippen molar-refractivity contribution in [3.05, 3.63) is 93.6 Å². The van der Waals surface area contributed by atoms with Crippen LogP contribution in [-0.2, 0) is 32.6 Å². The number of esters is 1. The molecule has 0 bridgehead atoms. The lowest BCUT2D eigenvalue weighted by Gasteiger charge is -2.38. The fourth-order valence-electron chi connectivity index (χ4n) is 8.98. The van der Waals surface area contributed by atoms with Crippen molar-refractivity contribution >= 4 is 29.7 Å². The van der Waals surface area contributed by atoms with Gasteiger partial charge in [0.05, 0.1) is 0 Å². The minimum atomic E-state index is -1.69. The highest BCUT2D eigenvalue weighted by molar-refractivity contribution is 5.98. The number of aliphatic carboxylic acids is 1. The molecule has 0 aliphatic heterocycles. The molecule has 292 valence electrons. The maximum atomic E-state index is 13.4. The summed E-state index contributed by atoms with van der Waals surface area (Å²) in [5.41, 5.74) is 5.29. The Balaban J connectivity index is 1.33. The van der Waals surface area contributed by atoms with Crippen LogP contribution in [0.4, 0.5) is 0 Å². The van der Waals surface area contributed by atoms with Crippen molar-refractivity contribution in [2.45, 2.75) is 75.7 Å². The standard InChI is InChI=1S/C44H45NO11/c1-2-45-22-31(24-11-13-33(47)34(48)18-24)42(43(54)55)56-37(51)14-12-23-19-35(49)41(53)39-30(23)17-25(21-44(39)15-3-4-16-44)29-20-36(50)40(52)28-9-5-7-26-27(38(28)29)8-6-10-32(26)46/h6,8,10-14,17-20,31,42,45-50,52-53H,2-5,7,9,15-16,21-22H2,1H3,(H,54,55)/t31-,42+/m0/s1. The third kappa shape index (κ3) is 6.85. The molecule has 0 heterocycles. The minimum absolute atomic E-state index is 0.0737. The number of rotatable bonds is 10. The van der Waals surface area contributed by atoms with Crippen LogP contribution in [0.3, 0.4) is 0 Å². The molecule has 12 nitrogen and oxygen atoms in total. The number of carbonyl (C=O) groups is 2. The summed E-state index contributed by atoms with van der Waals surface area (Å²) in [6, 6.07) is 12.0. The van der Waals surface area contributed by atoms with Crippen LogP contribution in [0.25, 0.3) is 28.9 Å². The van der Waals surface area contributed by atoms with Crippen molar-refractivity contribution in [1.82, 2.24) is 5.32 Å². The van der Waals surface area contributed by atoms with Gasteiger partial charge in [0.25, 0.3) is 0 Å². The van der Waals surface area contributed by atoms with Crippen LogP contribution >= 0.6 is 0 Å². The van der Waals surface area contributed by atoms with Crippen LogP contribution in [0.5, 0.6) is 40.2 Å². The summed E-state index contributed by atoms with van der Waals surface area (Å²) >= 11 is 0. The average Bonchev–Trinajstić information content (AvgIpc) is 3.53. The Morgan fingerprint density at radius 1 is 0.821 bits per heavy atom. The number of phenolic OH excluding ortho intramolecular Hbond substituents is 7. The van der Waals surface area contributed by atoms with Crippen LogP contribution in [-0.4, -0.2) is 72.0 Å². The highest BCUT2D eigenvalue weighted by Gasteiger charge is 2.44. The molecule has 0 unspecified atom stereocenters. The summed E-state index contributed by atoms with van der Waals surface area (Å²) < 4.78 is 5.53. The molecule has 0 aromatic heterocycles. The molecule has 0 amide bonds. The summed E-state index contributed by atoms with van der Waals surface area (Å²) in [6.07, 6.45) is 7.80. The Morgan fingerprint density at radius 3 is 2.27 bits per heavy atom. The van der Waals surface area contributed by atoms with Crippen LogP contribution in [0, 0.1) is 0 Å². The first-order chi connectivity index (χ1) is 26.8. The zero-order valence-electron chi connectivity index (χ0n) is 30.9. The summed E-state index contributed by atoms with van der Waals surface area (Å²) in [6.45, 7) is 2.38. The van der Waals surface area contributed by atoms with Gasteiger partial charge in [-0.25, -0.2) is 9.59 Å². The second kappa shape index (κ2) is 15.2. The molecular weight excluding hydrogens is 718 g/mol. The quantitative estimate of drug-likeness (QED) is 0.0456. The lowest BCUT2D eigenvalue weighted by molar-refractivity contribution is -0.162. The van der Waals surface area contributed by atoms with Gasteiger partial charge in [-0.2, -0.15) is 0 Å². The Morgan fingerprint density at radius 2 is 1.55 bits per heavy atom. The number of carboxylic acid groups (broad SMARTS) is 1. The Labute approximate surface area is 323 Å². The number of carbonyl (C=O) groups excluding carboxylic acids is 1. The fraction of sp³-hybridized carbons (Fsp3) is 0.318. The zero-order chi connectivity index (χ0) is 39.9. The molecule has 12 heteroatoms. The first-order valence-electron chi connectivity index (χ1n) is 18.9. The first-order valence-corrected chi connectivity index (χ1v) is 18.9. The van der Waals surface area contributed by atoms with Gasteiger partial charge in [0.15, 0.2) is 34.5 Å². The Bertz CT molecular complexity index is 2290. The maximum Gasteiger partial charge on any atom is 0.345 e. The van der Waals surface area contributed by atoms with Crippen molar-refractivity contribution in [2.75, 3.05) is 13.1 Å². The van der Waals surface area contributed by atoms with E-state index in [4.69, 9.17) is 4.74 Å². The molecular formula is C44H45NO11. The van der Waals surface area contributed by atoms with Crippen LogP contribution in [0.2, 0.25) is 0 Å². The number of allylic oxidation sites excluding steroid dienone is 1. The van der Waals surface area contributed by atoms with Gasteiger partial charge in [0.1, 0.15) is 5.75 Å². The fourth-order valence-corrected chi connectivity index (χ4v) is 8.98. The van der Waals surface area contributed by atoms with E-state index in [1.54, 1.807) is 12.1 Å². The van der Waals surface area contributed by atoms with E-state index in [0.717, 1.165) is 35.6 Å². The van der Waals surface area contributed by atoms with Gasteiger partial charge < -0.3 is 50.9 Å². The van der Waals surface area contributed by atoms with Gasteiger partial charge in [0, 0.05) is 40.6 Å². The molecule has 4 aromatic rings. The number of nitrogens with one attached hydrogen (secondary N) is 1. The second-order valence-electron chi connectivity index (χ2n) is 14.9. The smallest absolute Gasteiger partial charge is 0.345 e. The van der Waals surface area contributed by atoms with Crippen molar-refractivity contribution in [2.24, 2.45) is 0 Å². The van der Waals surface area contributed by atoms with E-state index in [9.17, 15) is 50.4 Å². The van der Waals surface area contributed by atoms with Crippen LogP contribution in [0.15, 0.2) is 54.6 Å². The number of phenols is 7. The van der Waals surface area contributed by atoms with E-state index in [1.807, 2.05) is 19.1 Å². The topological polar surface area (TPSA) is 217 Å². The third-order valence-corrected chi connectivity index (χ3v) is 11.6. The van der Waals surface area contributed by atoms with E-state index in [-0.39, 0.29) is 41.0 Å². The third-order valence-electron chi connectivity index (χ3n) is 11.6. The van der Waals surface area contributed by atoms with Crippen molar-refractivity contribution < 1.29 is 55.2 Å². The molecule has 0 saturated heterocycles. The first kappa shape index (κ1) is 38.1. The van der Waals surface area contributed by atoms with Gasteiger partial charge in [0.2, 0.25) is 6.10 Å². The second-order valence-corrected chi connectivity index (χ2v) is 14.9. The lowest BCUT2D eigenvalue weighted by Crippen LogP contribution is -2.38. The molecule has 1 saturated carbocycles. The number of aromatic hydroxyl groups is 7. The van der Waals surface area contributed by atoms with Crippen LogP contribution in [0.1, 0.15) is 90.3 Å². The summed E-state index contributed by atoms with van der Waals surface area (Å²) in [7, 11) is 0. The van der Waals surface area contributed by atoms with E-state index >= 15 is 0 Å². The largest absolute Gasteiger partial charge is 0.508 e. The molecule has 3 aliphatic rings. The Kier molecular flexibility index (Phi) is 10.3. The molecule has 56 heavy (non-hydrogen) atoms. The maximum absolute atomic E-state index is 13.4. The molecule has 1 spiro atoms. The molecule has 1 fully saturated rings. The number of hydrogen-bond donors (Lipinski definition) is 9. The summed E-state index contributed by atoms with van der Waals surface area (Å²) in [5.74, 6) is -5.23. The SMILES string of the molecule is CCNC[C@@H](c1ccc(O)c(O)c1)[C@@H](OC(=O)C=Cc1cc(O)c(O)c2c1C=C(c1cc(O)c(O)c3c1-c1cccc(O)c1CCC3)CC21CCCC1)C(=O)O. The molecule has 9 N–H and O–H groups in total. The van der Waals surface area contributed by atoms with Crippen molar-refractivity contribution in [3.63, 3.8) is 0 Å². The number of fused-ring (bicyclic) bond motifs is 5. The number of benzene rings is 4. The van der Waals surface area contributed by atoms with Crippen LogP contribution < -0.4 is 5.32 Å². The number of ether oxygens (including phenoxy) is 1. The Hall–Kier alpha value is -6.14. The molecule has 3 aliphatic carbocycles. The van der Waals surface area contributed by atoms with E-state index in [2.05, 4.69) is 5.32 Å². The van der Waals surface area contributed by atoms with Gasteiger partial charge in [-0.1, -0.05) is 44.0 Å². The summed E-state index contributed by atoms with van der Waals surface area (Å²) in [4.78, 5) is 26.0. The van der Waals surface area contributed by atoms with Gasteiger partial charge >= 0.3 is 11.9 Å². The summed E-state index contributed by atoms with van der Waals surface area (Å²) in [5, 5.41) is 88.8. The molecule has 2 atom stereocenters. The van der Waals surface area contributed by atoms with Gasteiger partial charge in [-0.3, -0.25) is 0 Å². The number of likely N-dealkylation sites (N-methyl/N-ethyl adjacent to an activating group) is 1. The average molecular weight is 764 g/mol. The van der Waals surface area contributed by atoms with Gasteiger partial charge in [-0.05, 0) is 120 Å². The highest BCUT2D eigenvalue weighted by atomic mass is 16.6. The predicted octanol–water partition coefficient (Wildman–Crippen LogP) is 6.94. The van der Waals surface area contributed by atoms with E-state index < -0.39 is 35.1 Å². The van der Waals surface area contributed by atoms with Crippen molar-refractivity contribution in [3.8, 4) is 51.4 Å². The van der Waals surface area contributed by atoms with E-state index in [1.165, 1.54) is 36.4 Å². The highest BCUT2D eigenvalue weighted by Crippen LogP contribution is 2.58. The molecule has 4 aromatic carbocycles. The minimum Gasteiger partial charge on any atom is -0.508 e. The predicted molar refractivity (Wildman–Crippen MR) is 209 cm³/mol. The molecule has 7 rings (SSSR count). The number of hydrogen-bond acceptors (Lipinski definition) is 11. The van der Waals surface area contributed by atoms with Gasteiger partial charge in [-0.15, -0.1) is 0 Å². The number of carboxylic acids is 1. The van der Waals surface area contributed by atoms with Crippen molar-refractivity contribution in [1.29, 1.82) is 0 Å². The molecule has 0 radical (unpaired) electrons. The monoisotopic (exact) mass is 763 g/mol. The van der Waals surface area contributed by atoms with E-state index in [0.29, 0.717) is 84.0 Å².